The van der Waals surface area contributed by atoms with E-state index in [1.54, 1.807) is 0 Å². The molecule has 0 aliphatic carbocycles. The molecule has 6 heteroatoms. The quantitative estimate of drug-likeness (QED) is 0.364. The lowest BCUT2D eigenvalue weighted by molar-refractivity contribution is 0.218. The van der Waals surface area contributed by atoms with Gasteiger partial charge < -0.3 is 14.7 Å². The maximum atomic E-state index is 9.25. The van der Waals surface area contributed by atoms with Crippen molar-refractivity contribution in [3.05, 3.63) is 71.8 Å². The number of likely N-dealkylation sites (tertiary alicyclic amines) is 1. The van der Waals surface area contributed by atoms with Crippen LogP contribution in [0, 0.1) is 20.8 Å². The number of aromatic amines is 1. The molecule has 3 aromatic heterocycles. The van der Waals surface area contributed by atoms with E-state index in [1.807, 2.05) is 20.2 Å². The van der Waals surface area contributed by atoms with Crippen LogP contribution < -0.4 is 0 Å². The topological polar surface area (TPSA) is 70.0 Å². The Morgan fingerprint density at radius 2 is 1.74 bits per heavy atom. The third-order valence-electron chi connectivity index (χ3n) is 7.39. The van der Waals surface area contributed by atoms with Gasteiger partial charge >= 0.3 is 0 Å². The Morgan fingerprint density at radius 1 is 0.971 bits per heavy atom. The minimum atomic E-state index is 0.217. The molecule has 1 fully saturated rings. The molecule has 35 heavy (non-hydrogen) atoms. The Morgan fingerprint density at radius 3 is 2.54 bits per heavy atom. The lowest BCUT2D eigenvalue weighted by Gasteiger charge is -2.16. The van der Waals surface area contributed by atoms with Crippen molar-refractivity contribution in [2.45, 2.75) is 33.2 Å². The summed E-state index contributed by atoms with van der Waals surface area (Å²) in [5, 5.41) is 10.5. The zero-order valence-electron chi connectivity index (χ0n) is 20.5. The molecule has 0 bridgehead atoms. The molecule has 0 amide bonds. The fourth-order valence-electron chi connectivity index (χ4n) is 5.67. The Kier molecular flexibility index (Phi) is 5.43. The Labute approximate surface area is 205 Å². The molecule has 1 atom stereocenters. The first kappa shape index (κ1) is 22.0. The van der Waals surface area contributed by atoms with Crippen LogP contribution in [0.1, 0.15) is 29.4 Å². The van der Waals surface area contributed by atoms with Crippen LogP contribution in [0.3, 0.4) is 0 Å². The molecule has 0 spiro atoms. The third-order valence-corrected chi connectivity index (χ3v) is 7.39. The van der Waals surface area contributed by atoms with Gasteiger partial charge in [-0.2, -0.15) is 0 Å². The first-order valence-electron chi connectivity index (χ1n) is 12.4. The van der Waals surface area contributed by atoms with Gasteiger partial charge in [-0.25, -0.2) is 4.98 Å². The minimum Gasteiger partial charge on any atom is -0.395 e. The molecule has 178 valence electrons. The highest BCUT2D eigenvalue weighted by Crippen LogP contribution is 2.34. The van der Waals surface area contributed by atoms with Gasteiger partial charge in [0.05, 0.1) is 24.0 Å². The number of nitrogens with zero attached hydrogens (tertiary/aromatic N) is 4. The van der Waals surface area contributed by atoms with Gasteiger partial charge in [-0.1, -0.05) is 18.2 Å². The Bertz CT molecular complexity index is 1530. The Balaban J connectivity index is 1.34. The summed E-state index contributed by atoms with van der Waals surface area (Å²) in [5.74, 6) is 0. The van der Waals surface area contributed by atoms with E-state index < -0.39 is 0 Å². The largest absolute Gasteiger partial charge is 0.395 e. The van der Waals surface area contributed by atoms with E-state index in [2.05, 4.69) is 74.9 Å². The van der Waals surface area contributed by atoms with Crippen LogP contribution >= 0.6 is 0 Å². The number of aromatic nitrogens is 4. The highest BCUT2D eigenvalue weighted by Gasteiger charge is 2.24. The lowest BCUT2D eigenvalue weighted by atomic mass is 10.0. The van der Waals surface area contributed by atoms with Crippen molar-refractivity contribution in [2.75, 3.05) is 26.2 Å². The van der Waals surface area contributed by atoms with Crippen molar-refractivity contribution in [2.24, 2.45) is 0 Å². The van der Waals surface area contributed by atoms with Crippen LogP contribution in [0.15, 0.2) is 54.9 Å². The predicted octanol–water partition coefficient (Wildman–Crippen LogP) is 5.41. The highest BCUT2D eigenvalue weighted by atomic mass is 16.3. The van der Waals surface area contributed by atoms with Crippen molar-refractivity contribution in [1.82, 2.24) is 24.4 Å². The molecular weight excluding hydrogens is 434 g/mol. The first-order valence-corrected chi connectivity index (χ1v) is 12.4. The summed E-state index contributed by atoms with van der Waals surface area (Å²) in [6, 6.07) is 18.0. The van der Waals surface area contributed by atoms with E-state index in [-0.39, 0.29) is 6.61 Å². The molecule has 1 aliphatic heterocycles. The monoisotopic (exact) mass is 465 g/mol. The first-order chi connectivity index (χ1) is 17.0. The summed E-state index contributed by atoms with van der Waals surface area (Å²) >= 11 is 0. The van der Waals surface area contributed by atoms with Gasteiger partial charge in [-0.3, -0.25) is 9.88 Å². The van der Waals surface area contributed by atoms with E-state index in [4.69, 9.17) is 4.98 Å². The summed E-state index contributed by atoms with van der Waals surface area (Å²) in [6.45, 7) is 9.23. The molecule has 6 rings (SSSR count). The summed E-state index contributed by atoms with van der Waals surface area (Å²) in [7, 11) is 0. The maximum Gasteiger partial charge on any atom is 0.0961 e. The van der Waals surface area contributed by atoms with Crippen molar-refractivity contribution in [3.63, 3.8) is 0 Å². The van der Waals surface area contributed by atoms with Crippen molar-refractivity contribution >= 4 is 21.9 Å². The molecule has 5 aromatic rings. The minimum absolute atomic E-state index is 0.217. The summed E-state index contributed by atoms with van der Waals surface area (Å²) in [6.07, 6.45) is 3.07. The smallest absolute Gasteiger partial charge is 0.0961 e. The average Bonchev–Trinajstić information content (AvgIpc) is 3.55. The molecule has 0 radical (unpaired) electrons. The fraction of sp³-hybridized carbons (Fsp3) is 0.310. The van der Waals surface area contributed by atoms with Crippen LogP contribution in [0.2, 0.25) is 0 Å². The van der Waals surface area contributed by atoms with Crippen LogP contribution in [0.25, 0.3) is 44.3 Å². The number of pyridine rings is 1. The van der Waals surface area contributed by atoms with Crippen molar-refractivity contribution in [1.29, 1.82) is 0 Å². The zero-order valence-corrected chi connectivity index (χ0v) is 20.5. The van der Waals surface area contributed by atoms with Crippen LogP contribution in [-0.2, 0) is 0 Å². The SMILES string of the molecule is Cc1cc(-c2[nH]c3cc(-c4ccc5c(c4)ncn5C4CCN(CCO)C4)ccc3c2C)cc(C)n1. The molecule has 0 saturated carbocycles. The number of aliphatic hydroxyl groups is 1. The van der Waals surface area contributed by atoms with E-state index in [9.17, 15) is 5.11 Å². The van der Waals surface area contributed by atoms with E-state index in [0.29, 0.717) is 6.04 Å². The number of hydrogen-bond donors (Lipinski definition) is 2. The number of imidazole rings is 1. The average molecular weight is 466 g/mol. The predicted molar refractivity (Wildman–Crippen MR) is 142 cm³/mol. The number of hydrogen-bond acceptors (Lipinski definition) is 4. The Hall–Kier alpha value is -3.48. The second kappa shape index (κ2) is 8.63. The van der Waals surface area contributed by atoms with Gasteiger partial charge in [0.15, 0.2) is 0 Å². The lowest BCUT2D eigenvalue weighted by Crippen LogP contribution is -2.24. The standard InChI is InChI=1S/C29H31N5O/c1-18-12-23(13-19(2)31-18)29-20(3)25-6-4-21(14-26(25)32-29)22-5-7-28-27(15-22)30-17-34(28)24-8-9-33(16-24)10-11-35/h4-7,12-15,17,24,32,35H,8-11,16H2,1-3H3. The number of aliphatic hydroxyl groups excluding tert-OH is 1. The fourth-order valence-corrected chi connectivity index (χ4v) is 5.67. The van der Waals surface area contributed by atoms with Gasteiger partial charge in [0.25, 0.3) is 0 Å². The molecule has 1 aliphatic rings. The zero-order chi connectivity index (χ0) is 24.1. The number of β-amino-alcohol motifs (C(OH)–C–C–N with tert-alkyl or cyclic N) is 1. The number of rotatable bonds is 5. The molecule has 6 nitrogen and oxygen atoms in total. The van der Waals surface area contributed by atoms with Crippen molar-refractivity contribution < 1.29 is 5.11 Å². The second-order valence-corrected chi connectivity index (χ2v) is 9.85. The second-order valence-electron chi connectivity index (χ2n) is 9.85. The van der Waals surface area contributed by atoms with Crippen LogP contribution in [-0.4, -0.2) is 55.8 Å². The molecule has 2 aromatic carbocycles. The molecule has 4 heterocycles. The van der Waals surface area contributed by atoms with Gasteiger partial charge in [0.2, 0.25) is 0 Å². The van der Waals surface area contributed by atoms with E-state index in [1.165, 1.54) is 33.2 Å². The van der Waals surface area contributed by atoms with Crippen LogP contribution in [0.5, 0.6) is 0 Å². The summed E-state index contributed by atoms with van der Waals surface area (Å²) in [4.78, 5) is 15.3. The van der Waals surface area contributed by atoms with Gasteiger partial charge in [0.1, 0.15) is 0 Å². The molecular formula is C29H31N5O. The van der Waals surface area contributed by atoms with Crippen molar-refractivity contribution in [3.8, 4) is 22.4 Å². The molecule has 1 unspecified atom stereocenters. The highest BCUT2D eigenvalue weighted by molar-refractivity contribution is 5.94. The maximum absolute atomic E-state index is 9.25. The number of H-pyrrole nitrogens is 1. The molecule has 2 N–H and O–H groups in total. The summed E-state index contributed by atoms with van der Waals surface area (Å²) in [5.41, 5.74) is 11.4. The summed E-state index contributed by atoms with van der Waals surface area (Å²) < 4.78 is 2.30. The van der Waals surface area contributed by atoms with Gasteiger partial charge in [-0.05, 0) is 74.2 Å². The molecule has 1 saturated heterocycles. The normalized spacial score (nSPS) is 16.6. The third kappa shape index (κ3) is 3.93. The number of nitrogens with one attached hydrogen (secondary N) is 1. The number of fused-ring (bicyclic) bond motifs is 2. The van der Waals surface area contributed by atoms with Gasteiger partial charge in [-0.15, -0.1) is 0 Å². The van der Waals surface area contributed by atoms with Gasteiger partial charge in [0, 0.05) is 59.2 Å². The van der Waals surface area contributed by atoms with Crippen LogP contribution in [0.4, 0.5) is 0 Å². The van der Waals surface area contributed by atoms with E-state index in [0.717, 1.165) is 54.2 Å². The number of aryl methyl sites for hydroxylation is 3. The van der Waals surface area contributed by atoms with E-state index >= 15 is 0 Å². The number of benzene rings is 2.